The topological polar surface area (TPSA) is 188 Å². The minimum absolute atomic E-state index is 0.0211. The van der Waals surface area contributed by atoms with Crippen LogP contribution >= 0.6 is 23.1 Å². The van der Waals surface area contributed by atoms with Crippen LogP contribution in [0.5, 0.6) is 0 Å². The Labute approximate surface area is 220 Å². The minimum atomic E-state index is -1.49. The average molecular weight is 555 g/mol. The number of rotatable bonds is 11. The van der Waals surface area contributed by atoms with Gasteiger partial charge in [0.1, 0.15) is 13.2 Å². The highest BCUT2D eigenvalue weighted by Crippen LogP contribution is 2.20. The molecule has 0 aliphatic carbocycles. The van der Waals surface area contributed by atoms with Gasteiger partial charge in [0.05, 0.1) is 34.7 Å². The van der Waals surface area contributed by atoms with Gasteiger partial charge in [0, 0.05) is 25.2 Å². The Morgan fingerprint density at radius 2 is 1.51 bits per heavy atom. The largest absolute Gasteiger partial charge is 0.548 e. The molecule has 3 heterocycles. The zero-order valence-electron chi connectivity index (χ0n) is 19.9. The number of likely N-dealkylation sites (tertiary alicyclic amines) is 2. The zero-order valence-corrected chi connectivity index (χ0v) is 21.5. The van der Waals surface area contributed by atoms with Gasteiger partial charge in [-0.1, -0.05) is 6.07 Å². The number of hydrogen-bond acceptors (Lipinski definition) is 11. The molecule has 0 unspecified atom stereocenters. The van der Waals surface area contributed by atoms with Crippen LogP contribution in [0.15, 0.2) is 17.5 Å². The molecule has 1 aromatic rings. The van der Waals surface area contributed by atoms with Crippen LogP contribution < -0.4 is 20.8 Å². The predicted molar refractivity (Wildman–Crippen MR) is 127 cm³/mol. The van der Waals surface area contributed by atoms with Crippen molar-refractivity contribution in [1.29, 1.82) is 0 Å². The maximum atomic E-state index is 12.7. The molecule has 3 rings (SSSR count). The first-order valence-corrected chi connectivity index (χ1v) is 13.6. The molecule has 0 radical (unpaired) electrons. The molecule has 4 atom stereocenters. The Bertz CT molecular complexity index is 1040. The average Bonchev–Trinajstić information content (AvgIpc) is 3.58. The third-order valence-electron chi connectivity index (χ3n) is 5.96. The van der Waals surface area contributed by atoms with Gasteiger partial charge in [0.25, 0.3) is 5.91 Å². The third kappa shape index (κ3) is 7.42. The molecule has 0 aromatic carbocycles. The number of nitrogens with zero attached hydrogens (tertiary/aromatic N) is 2. The van der Waals surface area contributed by atoms with Gasteiger partial charge in [-0.25, -0.2) is 0 Å². The number of aliphatic carboxylic acids is 2. The number of nitrogens with one attached hydrogen (secondary N) is 2. The molecule has 13 nitrogen and oxygen atoms in total. The first-order chi connectivity index (χ1) is 17.6. The summed E-state index contributed by atoms with van der Waals surface area (Å²) < 4.78 is 5.18. The Morgan fingerprint density at radius 3 is 1.97 bits per heavy atom. The van der Waals surface area contributed by atoms with Crippen molar-refractivity contribution in [2.24, 2.45) is 0 Å². The molecule has 0 spiro atoms. The summed E-state index contributed by atoms with van der Waals surface area (Å²) in [4.78, 5) is 74.9. The number of thioether (sulfide) groups is 1. The quantitative estimate of drug-likeness (QED) is 0.277. The molecule has 2 N–H and O–H groups in total. The first kappa shape index (κ1) is 28.4. The van der Waals surface area contributed by atoms with E-state index in [4.69, 9.17) is 4.74 Å². The number of amides is 4. The van der Waals surface area contributed by atoms with Crippen LogP contribution in [0, 0.1) is 0 Å². The summed E-state index contributed by atoms with van der Waals surface area (Å²) in [5.74, 6) is -4.89. The van der Waals surface area contributed by atoms with E-state index in [-0.39, 0.29) is 43.5 Å². The van der Waals surface area contributed by atoms with E-state index in [0.29, 0.717) is 4.88 Å². The second-order valence-electron chi connectivity index (χ2n) is 8.57. The molecule has 2 aliphatic heterocycles. The van der Waals surface area contributed by atoms with Gasteiger partial charge in [-0.2, -0.15) is 11.8 Å². The lowest BCUT2D eigenvalue weighted by molar-refractivity contribution is -0.311. The molecular weight excluding hydrogens is 528 g/mol. The standard InChI is InChI=1S/C22H28N4O9S2/c1-36-11-17(27)23-12-5-14(21(31)32)25(7-12)18(28)9-35-10-19(29)26-8-13(6-15(26)22(33)34)24-20(30)16-3-2-4-37-16/h2-4,12-15H,5-11H2,1H3,(H,23,27)(H,24,30)(H,31,32)(H,33,34)/p-2/t12-,13-,14-,15-/m0/s1. The number of thiophene rings is 1. The lowest BCUT2D eigenvalue weighted by atomic mass is 10.1. The number of hydrogen-bond donors (Lipinski definition) is 2. The number of carboxylic acid groups (broad SMARTS) is 2. The van der Waals surface area contributed by atoms with E-state index in [1.807, 2.05) is 0 Å². The summed E-state index contributed by atoms with van der Waals surface area (Å²) in [7, 11) is 0. The highest BCUT2D eigenvalue weighted by Gasteiger charge is 2.38. The fraction of sp³-hybridized carbons (Fsp3) is 0.545. The molecule has 2 aliphatic rings. The predicted octanol–water partition coefficient (Wildman–Crippen LogP) is -3.59. The molecule has 0 saturated carbocycles. The second-order valence-corrected chi connectivity index (χ2v) is 10.4. The highest BCUT2D eigenvalue weighted by atomic mass is 32.2. The molecule has 2 fully saturated rings. The van der Waals surface area contributed by atoms with Crippen LogP contribution in [0.25, 0.3) is 0 Å². The van der Waals surface area contributed by atoms with E-state index < -0.39 is 61.1 Å². The Balaban J connectivity index is 1.51. The zero-order chi connectivity index (χ0) is 27.1. The molecule has 0 bridgehead atoms. The summed E-state index contributed by atoms with van der Waals surface area (Å²) in [6.45, 7) is -1.41. The molecule has 2 saturated heterocycles. The molecule has 202 valence electrons. The van der Waals surface area contributed by atoms with E-state index in [1.54, 1.807) is 23.8 Å². The summed E-state index contributed by atoms with van der Waals surface area (Å²) in [6, 6.07) is -0.416. The fourth-order valence-corrected chi connectivity index (χ4v) is 5.31. The fourth-order valence-electron chi connectivity index (χ4n) is 4.34. The Hall–Kier alpha value is -3.17. The van der Waals surface area contributed by atoms with E-state index in [9.17, 15) is 39.0 Å². The normalized spacial score (nSPS) is 23.1. The van der Waals surface area contributed by atoms with E-state index >= 15 is 0 Å². The van der Waals surface area contributed by atoms with E-state index in [0.717, 1.165) is 9.80 Å². The lowest BCUT2D eigenvalue weighted by Gasteiger charge is -2.26. The maximum absolute atomic E-state index is 12.7. The van der Waals surface area contributed by atoms with Gasteiger partial charge in [0.15, 0.2) is 0 Å². The molecular formula is C22H26N4O9S2-2. The van der Waals surface area contributed by atoms with Crippen molar-refractivity contribution >= 4 is 58.7 Å². The van der Waals surface area contributed by atoms with Gasteiger partial charge in [0.2, 0.25) is 17.7 Å². The molecule has 37 heavy (non-hydrogen) atoms. The number of ether oxygens (including phenoxy) is 1. The van der Waals surface area contributed by atoms with Crippen LogP contribution in [0.2, 0.25) is 0 Å². The Morgan fingerprint density at radius 1 is 0.973 bits per heavy atom. The van der Waals surface area contributed by atoms with Crippen molar-refractivity contribution in [3.8, 4) is 0 Å². The van der Waals surface area contributed by atoms with Crippen LogP contribution in [0.4, 0.5) is 0 Å². The minimum Gasteiger partial charge on any atom is -0.548 e. The van der Waals surface area contributed by atoms with Gasteiger partial charge >= 0.3 is 0 Å². The lowest BCUT2D eigenvalue weighted by Crippen LogP contribution is -2.49. The van der Waals surface area contributed by atoms with Crippen LogP contribution in [0.1, 0.15) is 22.5 Å². The summed E-state index contributed by atoms with van der Waals surface area (Å²) in [5, 5.41) is 30.2. The SMILES string of the molecule is CSCC(=O)N[C@H]1C[C@@H](C(=O)[O-])N(C(=O)COCC(=O)N2C[C@@H](NC(=O)c3cccs3)C[C@H]2C(=O)[O-])C1. The summed E-state index contributed by atoms with van der Waals surface area (Å²) in [5.41, 5.74) is 0. The van der Waals surface area contributed by atoms with Gasteiger partial charge in [-0.15, -0.1) is 11.3 Å². The van der Waals surface area contributed by atoms with E-state index in [1.165, 1.54) is 23.1 Å². The van der Waals surface area contributed by atoms with Crippen molar-refractivity contribution < 1.29 is 43.7 Å². The molecule has 1 aromatic heterocycles. The molecule has 4 amide bonds. The van der Waals surface area contributed by atoms with Crippen molar-refractivity contribution in [3.05, 3.63) is 22.4 Å². The van der Waals surface area contributed by atoms with Crippen LogP contribution in [-0.2, 0) is 28.7 Å². The molecule has 15 heteroatoms. The number of carboxylic acids is 2. The number of carbonyl (C=O) groups excluding carboxylic acids is 6. The van der Waals surface area contributed by atoms with Crippen molar-refractivity contribution in [3.63, 3.8) is 0 Å². The van der Waals surface area contributed by atoms with Gasteiger partial charge in [-0.3, -0.25) is 19.2 Å². The van der Waals surface area contributed by atoms with Crippen LogP contribution in [0.3, 0.4) is 0 Å². The first-order valence-electron chi connectivity index (χ1n) is 11.3. The monoisotopic (exact) mass is 554 g/mol. The van der Waals surface area contributed by atoms with Crippen molar-refractivity contribution in [2.45, 2.75) is 37.0 Å². The maximum Gasteiger partial charge on any atom is 0.261 e. The van der Waals surface area contributed by atoms with Gasteiger partial charge in [-0.05, 0) is 30.5 Å². The highest BCUT2D eigenvalue weighted by molar-refractivity contribution is 7.99. The third-order valence-corrected chi connectivity index (χ3v) is 7.38. The Kier molecular flexibility index (Phi) is 9.88. The summed E-state index contributed by atoms with van der Waals surface area (Å²) in [6.07, 6.45) is 1.67. The van der Waals surface area contributed by atoms with Crippen molar-refractivity contribution in [1.82, 2.24) is 20.4 Å². The van der Waals surface area contributed by atoms with Crippen molar-refractivity contribution in [2.75, 3.05) is 38.3 Å². The summed E-state index contributed by atoms with van der Waals surface area (Å²) >= 11 is 2.52. The number of carbonyl (C=O) groups is 6. The van der Waals surface area contributed by atoms with E-state index in [2.05, 4.69) is 10.6 Å². The van der Waals surface area contributed by atoms with Crippen LogP contribution in [-0.4, -0.2) is 108 Å². The van der Waals surface area contributed by atoms with Gasteiger partial charge < -0.3 is 45.0 Å². The smallest absolute Gasteiger partial charge is 0.261 e. The second kappa shape index (κ2) is 12.9.